The summed E-state index contributed by atoms with van der Waals surface area (Å²) in [5.41, 5.74) is 7.26. The van der Waals surface area contributed by atoms with E-state index >= 15 is 0 Å². The molecule has 2 rings (SSSR count). The van der Waals surface area contributed by atoms with E-state index in [2.05, 4.69) is 10.3 Å². The quantitative estimate of drug-likeness (QED) is 0.643. The number of nitrogens with one attached hydrogen (secondary N) is 1. The van der Waals surface area contributed by atoms with E-state index in [1.54, 1.807) is 31.3 Å². The molecule has 0 spiro atoms. The van der Waals surface area contributed by atoms with Gasteiger partial charge in [-0.05, 0) is 32.0 Å². The number of nitrogens with two attached hydrogens (primary N) is 1. The summed E-state index contributed by atoms with van der Waals surface area (Å²) in [5, 5.41) is 3.12. The molecular formula is C14H17N3O3. The number of nitrogen functional groups attached to an aromatic ring is 1. The Balaban J connectivity index is 2.08. The average Bonchev–Trinajstić information content (AvgIpc) is 2.84. The molecule has 0 radical (unpaired) electrons. The van der Waals surface area contributed by atoms with Crippen LogP contribution in [0.2, 0.25) is 0 Å². The number of benzene rings is 1. The fourth-order valence-electron chi connectivity index (χ4n) is 1.71. The zero-order valence-corrected chi connectivity index (χ0v) is 11.5. The fraction of sp³-hybridized carbons (Fsp3) is 0.286. The van der Waals surface area contributed by atoms with Crippen LogP contribution in [0.4, 0.5) is 11.4 Å². The normalized spacial score (nSPS) is 10.3. The second-order valence-corrected chi connectivity index (χ2v) is 4.24. The Labute approximate surface area is 116 Å². The molecule has 0 aliphatic carbocycles. The van der Waals surface area contributed by atoms with E-state index in [9.17, 15) is 4.79 Å². The Morgan fingerprint density at radius 2 is 2.30 bits per heavy atom. The molecule has 0 aliphatic rings. The van der Waals surface area contributed by atoms with E-state index in [1.807, 2.05) is 6.92 Å². The monoisotopic (exact) mass is 275 g/mol. The van der Waals surface area contributed by atoms with E-state index in [1.165, 1.54) is 0 Å². The van der Waals surface area contributed by atoms with E-state index < -0.39 is 5.97 Å². The molecule has 0 atom stereocenters. The standard InChI is InChI=1S/C14H17N3O3/c1-3-19-14(18)11-6-10(4-5-12(11)15)16-8-13-17-7-9(2)20-13/h4-7,16H,3,8,15H2,1-2H3. The van der Waals surface area contributed by atoms with Crippen molar-refractivity contribution in [2.45, 2.75) is 20.4 Å². The number of hydrogen-bond acceptors (Lipinski definition) is 6. The zero-order valence-electron chi connectivity index (χ0n) is 11.5. The minimum absolute atomic E-state index is 0.311. The van der Waals surface area contributed by atoms with Crippen LogP contribution in [-0.2, 0) is 11.3 Å². The maximum atomic E-state index is 11.7. The summed E-state index contributed by atoms with van der Waals surface area (Å²) < 4.78 is 10.3. The largest absolute Gasteiger partial charge is 0.462 e. The van der Waals surface area contributed by atoms with Crippen molar-refractivity contribution >= 4 is 17.3 Å². The van der Waals surface area contributed by atoms with Gasteiger partial charge in [0.05, 0.1) is 24.9 Å². The van der Waals surface area contributed by atoms with Crippen LogP contribution in [0.15, 0.2) is 28.8 Å². The Hall–Kier alpha value is -2.50. The van der Waals surface area contributed by atoms with Crippen molar-refractivity contribution in [2.24, 2.45) is 0 Å². The summed E-state index contributed by atoms with van der Waals surface area (Å²) in [5.74, 6) is 0.906. The highest BCUT2D eigenvalue weighted by Crippen LogP contribution is 2.19. The van der Waals surface area contributed by atoms with Gasteiger partial charge in [0.15, 0.2) is 0 Å². The van der Waals surface area contributed by atoms with Crippen LogP contribution in [0, 0.1) is 6.92 Å². The molecule has 0 unspecified atom stereocenters. The van der Waals surface area contributed by atoms with Crippen molar-refractivity contribution in [3.8, 4) is 0 Å². The number of aromatic nitrogens is 1. The van der Waals surface area contributed by atoms with Gasteiger partial charge in [0.1, 0.15) is 5.76 Å². The third kappa shape index (κ3) is 3.28. The molecule has 1 heterocycles. The molecule has 1 aromatic carbocycles. The second-order valence-electron chi connectivity index (χ2n) is 4.24. The number of carbonyl (C=O) groups excluding carboxylic acids is 1. The summed E-state index contributed by atoms with van der Waals surface area (Å²) in [7, 11) is 0. The molecule has 1 aromatic heterocycles. The number of esters is 1. The number of carbonyl (C=O) groups is 1. The number of ether oxygens (including phenoxy) is 1. The summed E-state index contributed by atoms with van der Waals surface area (Å²) >= 11 is 0. The molecule has 106 valence electrons. The van der Waals surface area contributed by atoms with Crippen molar-refractivity contribution < 1.29 is 13.9 Å². The van der Waals surface area contributed by atoms with Crippen LogP contribution in [0.5, 0.6) is 0 Å². The van der Waals surface area contributed by atoms with Crippen LogP contribution in [0.3, 0.4) is 0 Å². The second kappa shape index (κ2) is 6.10. The predicted octanol–water partition coefficient (Wildman–Crippen LogP) is 2.35. The van der Waals surface area contributed by atoms with E-state index in [4.69, 9.17) is 14.9 Å². The number of oxazole rings is 1. The summed E-state index contributed by atoms with van der Waals surface area (Å²) in [6, 6.07) is 5.10. The molecule has 3 N–H and O–H groups in total. The first-order valence-electron chi connectivity index (χ1n) is 6.32. The van der Waals surface area contributed by atoms with Gasteiger partial charge in [0.2, 0.25) is 5.89 Å². The highest BCUT2D eigenvalue weighted by atomic mass is 16.5. The lowest BCUT2D eigenvalue weighted by molar-refractivity contribution is 0.0527. The molecule has 0 saturated heterocycles. The lowest BCUT2D eigenvalue weighted by atomic mass is 10.1. The molecular weight excluding hydrogens is 258 g/mol. The number of anilines is 2. The zero-order chi connectivity index (χ0) is 14.5. The van der Waals surface area contributed by atoms with Gasteiger partial charge < -0.3 is 20.2 Å². The summed E-state index contributed by atoms with van der Waals surface area (Å²) in [6.07, 6.45) is 1.66. The maximum Gasteiger partial charge on any atom is 0.340 e. The lowest BCUT2D eigenvalue weighted by Crippen LogP contribution is -2.09. The minimum atomic E-state index is -0.430. The van der Waals surface area contributed by atoms with E-state index in [-0.39, 0.29) is 0 Å². The van der Waals surface area contributed by atoms with E-state index in [0.717, 1.165) is 11.4 Å². The maximum absolute atomic E-state index is 11.7. The van der Waals surface area contributed by atoms with Crippen molar-refractivity contribution in [1.29, 1.82) is 0 Å². The van der Waals surface area contributed by atoms with Gasteiger partial charge in [-0.25, -0.2) is 9.78 Å². The van der Waals surface area contributed by atoms with Crippen molar-refractivity contribution in [3.05, 3.63) is 41.6 Å². The molecule has 0 saturated carbocycles. The van der Waals surface area contributed by atoms with Crippen LogP contribution >= 0.6 is 0 Å². The van der Waals surface area contributed by atoms with Gasteiger partial charge in [-0.3, -0.25) is 0 Å². The molecule has 6 nitrogen and oxygen atoms in total. The number of hydrogen-bond donors (Lipinski definition) is 2. The van der Waals surface area contributed by atoms with E-state index in [0.29, 0.717) is 30.3 Å². The first kappa shape index (κ1) is 13.9. The SMILES string of the molecule is CCOC(=O)c1cc(NCc2ncc(C)o2)ccc1N. The third-order valence-corrected chi connectivity index (χ3v) is 2.66. The molecule has 2 aromatic rings. The number of nitrogens with zero attached hydrogens (tertiary/aromatic N) is 1. The predicted molar refractivity (Wildman–Crippen MR) is 75.4 cm³/mol. The number of rotatable bonds is 5. The number of aryl methyl sites for hydroxylation is 1. The van der Waals surface area contributed by atoms with Gasteiger partial charge in [-0.2, -0.15) is 0 Å². The van der Waals surface area contributed by atoms with Crippen LogP contribution in [0.25, 0.3) is 0 Å². The molecule has 0 amide bonds. The summed E-state index contributed by atoms with van der Waals surface area (Å²) in [6.45, 7) is 4.32. The highest BCUT2D eigenvalue weighted by Gasteiger charge is 2.11. The van der Waals surface area contributed by atoms with Gasteiger partial charge >= 0.3 is 5.97 Å². The topological polar surface area (TPSA) is 90.4 Å². The molecule has 0 fully saturated rings. The first-order valence-corrected chi connectivity index (χ1v) is 6.32. The smallest absolute Gasteiger partial charge is 0.340 e. The lowest BCUT2D eigenvalue weighted by Gasteiger charge is -2.09. The minimum Gasteiger partial charge on any atom is -0.462 e. The van der Waals surface area contributed by atoms with Crippen molar-refractivity contribution in [3.63, 3.8) is 0 Å². The van der Waals surface area contributed by atoms with Crippen molar-refractivity contribution in [1.82, 2.24) is 4.98 Å². The first-order chi connectivity index (χ1) is 9.60. The van der Waals surface area contributed by atoms with Crippen molar-refractivity contribution in [2.75, 3.05) is 17.7 Å². The van der Waals surface area contributed by atoms with Crippen LogP contribution in [0.1, 0.15) is 28.9 Å². The van der Waals surface area contributed by atoms with Gasteiger partial charge in [-0.15, -0.1) is 0 Å². The van der Waals surface area contributed by atoms with Crippen LogP contribution in [-0.4, -0.2) is 17.6 Å². The molecule has 6 heteroatoms. The molecule has 0 aliphatic heterocycles. The highest BCUT2D eigenvalue weighted by molar-refractivity contribution is 5.96. The van der Waals surface area contributed by atoms with Gasteiger partial charge in [0.25, 0.3) is 0 Å². The Bertz CT molecular complexity index is 607. The average molecular weight is 275 g/mol. The fourth-order valence-corrected chi connectivity index (χ4v) is 1.71. The Morgan fingerprint density at radius 3 is 2.95 bits per heavy atom. The Kier molecular flexibility index (Phi) is 4.24. The Morgan fingerprint density at radius 1 is 1.50 bits per heavy atom. The third-order valence-electron chi connectivity index (χ3n) is 2.66. The van der Waals surface area contributed by atoms with Gasteiger partial charge in [-0.1, -0.05) is 0 Å². The van der Waals surface area contributed by atoms with Crippen LogP contribution < -0.4 is 11.1 Å². The molecule has 20 heavy (non-hydrogen) atoms. The molecule has 0 bridgehead atoms. The summed E-state index contributed by atoms with van der Waals surface area (Å²) in [4.78, 5) is 15.8. The van der Waals surface area contributed by atoms with Gasteiger partial charge in [0, 0.05) is 11.4 Å².